The SMILES string of the molecule is NC(=O)C1CCCN1Cc1cccc(N)n1. The van der Waals surface area contributed by atoms with Gasteiger partial charge in [-0.2, -0.15) is 0 Å². The van der Waals surface area contributed by atoms with Crippen LogP contribution in [0.3, 0.4) is 0 Å². The summed E-state index contributed by atoms with van der Waals surface area (Å²) in [6.07, 6.45) is 1.85. The summed E-state index contributed by atoms with van der Waals surface area (Å²) in [5, 5.41) is 0. The number of aromatic nitrogens is 1. The summed E-state index contributed by atoms with van der Waals surface area (Å²) in [5.41, 5.74) is 11.8. The zero-order valence-electron chi connectivity index (χ0n) is 9.10. The van der Waals surface area contributed by atoms with Gasteiger partial charge in [-0.3, -0.25) is 9.69 Å². The second-order valence-corrected chi connectivity index (χ2v) is 4.08. The number of carbonyl (C=O) groups is 1. The minimum Gasteiger partial charge on any atom is -0.384 e. The number of pyridine rings is 1. The highest BCUT2D eigenvalue weighted by Gasteiger charge is 2.28. The maximum Gasteiger partial charge on any atom is 0.234 e. The predicted molar refractivity (Wildman–Crippen MR) is 61.3 cm³/mol. The third-order valence-corrected chi connectivity index (χ3v) is 2.89. The lowest BCUT2D eigenvalue weighted by Gasteiger charge is -2.21. The zero-order chi connectivity index (χ0) is 11.5. The number of rotatable bonds is 3. The Hall–Kier alpha value is -1.62. The molecule has 5 nitrogen and oxygen atoms in total. The molecule has 0 spiro atoms. The van der Waals surface area contributed by atoms with Crippen LogP contribution in [0.5, 0.6) is 0 Å². The average molecular weight is 220 g/mol. The molecule has 1 fully saturated rings. The first-order valence-electron chi connectivity index (χ1n) is 5.41. The molecule has 2 heterocycles. The van der Waals surface area contributed by atoms with E-state index in [1.807, 2.05) is 12.1 Å². The average Bonchev–Trinajstić information content (AvgIpc) is 2.66. The van der Waals surface area contributed by atoms with Gasteiger partial charge in [-0.15, -0.1) is 0 Å². The quantitative estimate of drug-likeness (QED) is 0.757. The molecule has 1 aliphatic heterocycles. The number of nitrogens with two attached hydrogens (primary N) is 2. The van der Waals surface area contributed by atoms with Crippen LogP contribution in [0.15, 0.2) is 18.2 Å². The van der Waals surface area contributed by atoms with Gasteiger partial charge >= 0.3 is 0 Å². The predicted octanol–water partition coefficient (Wildman–Crippen LogP) is 0.113. The Bertz CT molecular complexity index is 393. The third-order valence-electron chi connectivity index (χ3n) is 2.89. The van der Waals surface area contributed by atoms with Crippen LogP contribution in [0.25, 0.3) is 0 Å². The van der Waals surface area contributed by atoms with Crippen molar-refractivity contribution in [1.82, 2.24) is 9.88 Å². The van der Waals surface area contributed by atoms with Crippen molar-refractivity contribution in [2.24, 2.45) is 5.73 Å². The van der Waals surface area contributed by atoms with Crippen molar-refractivity contribution < 1.29 is 4.79 Å². The van der Waals surface area contributed by atoms with E-state index in [0.717, 1.165) is 25.1 Å². The van der Waals surface area contributed by atoms with Crippen LogP contribution < -0.4 is 11.5 Å². The molecule has 0 aliphatic carbocycles. The number of amides is 1. The zero-order valence-corrected chi connectivity index (χ0v) is 9.10. The van der Waals surface area contributed by atoms with Crippen molar-refractivity contribution in [1.29, 1.82) is 0 Å². The van der Waals surface area contributed by atoms with Crippen LogP contribution >= 0.6 is 0 Å². The van der Waals surface area contributed by atoms with Gasteiger partial charge < -0.3 is 11.5 Å². The number of hydrogen-bond acceptors (Lipinski definition) is 4. The van der Waals surface area contributed by atoms with E-state index < -0.39 is 0 Å². The molecule has 1 atom stereocenters. The van der Waals surface area contributed by atoms with Gasteiger partial charge in [0.1, 0.15) is 5.82 Å². The van der Waals surface area contributed by atoms with Gasteiger partial charge in [-0.05, 0) is 31.5 Å². The molecule has 86 valence electrons. The molecule has 1 saturated heterocycles. The highest BCUT2D eigenvalue weighted by Crippen LogP contribution is 2.19. The molecule has 0 radical (unpaired) electrons. The molecular weight excluding hydrogens is 204 g/mol. The molecule has 1 aromatic heterocycles. The van der Waals surface area contributed by atoms with E-state index >= 15 is 0 Å². The molecule has 1 aromatic rings. The van der Waals surface area contributed by atoms with Gasteiger partial charge in [0.15, 0.2) is 0 Å². The number of nitrogens with zero attached hydrogens (tertiary/aromatic N) is 2. The fraction of sp³-hybridized carbons (Fsp3) is 0.455. The Balaban J connectivity index is 2.06. The number of carbonyl (C=O) groups excluding carboxylic acids is 1. The molecule has 16 heavy (non-hydrogen) atoms. The van der Waals surface area contributed by atoms with E-state index in [4.69, 9.17) is 11.5 Å². The first kappa shape index (κ1) is 10.9. The second-order valence-electron chi connectivity index (χ2n) is 4.08. The lowest BCUT2D eigenvalue weighted by Crippen LogP contribution is -2.39. The number of likely N-dealkylation sites (tertiary alicyclic amines) is 1. The standard InChI is InChI=1S/C11H16N4O/c12-10-5-1-3-8(14-10)7-15-6-2-4-9(15)11(13)16/h1,3,5,9H,2,4,6-7H2,(H2,12,14)(H2,13,16). The fourth-order valence-electron chi connectivity index (χ4n) is 2.13. The molecular formula is C11H16N4O. The summed E-state index contributed by atoms with van der Waals surface area (Å²) in [6, 6.07) is 5.38. The van der Waals surface area contributed by atoms with E-state index in [1.54, 1.807) is 6.07 Å². The largest absolute Gasteiger partial charge is 0.384 e. The monoisotopic (exact) mass is 220 g/mol. The fourth-order valence-corrected chi connectivity index (χ4v) is 2.13. The Morgan fingerprint density at radius 2 is 2.38 bits per heavy atom. The van der Waals surface area contributed by atoms with E-state index in [-0.39, 0.29) is 11.9 Å². The lowest BCUT2D eigenvalue weighted by atomic mass is 10.2. The molecule has 0 bridgehead atoms. The third kappa shape index (κ3) is 2.30. The summed E-state index contributed by atoms with van der Waals surface area (Å²) in [6.45, 7) is 1.53. The van der Waals surface area contributed by atoms with E-state index in [0.29, 0.717) is 12.4 Å². The van der Waals surface area contributed by atoms with Crippen molar-refractivity contribution in [3.8, 4) is 0 Å². The molecule has 5 heteroatoms. The maximum atomic E-state index is 11.2. The van der Waals surface area contributed by atoms with Gasteiger partial charge in [0.2, 0.25) is 5.91 Å². The molecule has 4 N–H and O–H groups in total. The summed E-state index contributed by atoms with van der Waals surface area (Å²) in [7, 11) is 0. The number of nitrogen functional groups attached to an aromatic ring is 1. The van der Waals surface area contributed by atoms with Crippen molar-refractivity contribution in [3.05, 3.63) is 23.9 Å². The first-order chi connectivity index (χ1) is 7.66. The molecule has 1 unspecified atom stereocenters. The van der Waals surface area contributed by atoms with Crippen LogP contribution in [-0.2, 0) is 11.3 Å². The van der Waals surface area contributed by atoms with Crippen LogP contribution in [0, 0.1) is 0 Å². The molecule has 0 aromatic carbocycles. The van der Waals surface area contributed by atoms with E-state index in [9.17, 15) is 4.79 Å². The topological polar surface area (TPSA) is 85.2 Å². The van der Waals surface area contributed by atoms with Crippen LogP contribution in [0.1, 0.15) is 18.5 Å². The lowest BCUT2D eigenvalue weighted by molar-refractivity contribution is -0.122. The Labute approximate surface area is 94.4 Å². The highest BCUT2D eigenvalue weighted by molar-refractivity contribution is 5.80. The Kier molecular flexibility index (Phi) is 3.05. The number of anilines is 1. The summed E-state index contributed by atoms with van der Waals surface area (Å²) in [4.78, 5) is 17.5. The van der Waals surface area contributed by atoms with Gasteiger partial charge in [0.05, 0.1) is 11.7 Å². The molecule has 0 saturated carbocycles. The number of primary amides is 1. The van der Waals surface area contributed by atoms with Gasteiger partial charge in [-0.1, -0.05) is 6.07 Å². The molecule has 1 amide bonds. The van der Waals surface area contributed by atoms with Crippen molar-refractivity contribution >= 4 is 11.7 Å². The van der Waals surface area contributed by atoms with Crippen LogP contribution in [-0.4, -0.2) is 28.4 Å². The summed E-state index contributed by atoms with van der Waals surface area (Å²) >= 11 is 0. The van der Waals surface area contributed by atoms with Crippen molar-refractivity contribution in [2.45, 2.75) is 25.4 Å². The van der Waals surface area contributed by atoms with Gasteiger partial charge in [-0.25, -0.2) is 4.98 Å². The van der Waals surface area contributed by atoms with Crippen molar-refractivity contribution in [3.63, 3.8) is 0 Å². The normalized spacial score (nSPS) is 21.1. The van der Waals surface area contributed by atoms with Crippen LogP contribution in [0.4, 0.5) is 5.82 Å². The van der Waals surface area contributed by atoms with E-state index in [2.05, 4.69) is 9.88 Å². The smallest absolute Gasteiger partial charge is 0.234 e. The second kappa shape index (κ2) is 4.49. The summed E-state index contributed by atoms with van der Waals surface area (Å²) in [5.74, 6) is 0.258. The minimum atomic E-state index is -0.249. The number of hydrogen-bond donors (Lipinski definition) is 2. The van der Waals surface area contributed by atoms with Crippen LogP contribution in [0.2, 0.25) is 0 Å². The molecule has 1 aliphatic rings. The minimum absolute atomic E-state index is 0.150. The molecule has 2 rings (SSSR count). The van der Waals surface area contributed by atoms with Gasteiger partial charge in [0.25, 0.3) is 0 Å². The van der Waals surface area contributed by atoms with Crippen molar-refractivity contribution in [2.75, 3.05) is 12.3 Å². The Morgan fingerprint density at radius 1 is 1.56 bits per heavy atom. The Morgan fingerprint density at radius 3 is 3.06 bits per heavy atom. The summed E-state index contributed by atoms with van der Waals surface area (Å²) < 4.78 is 0. The highest BCUT2D eigenvalue weighted by atomic mass is 16.1. The van der Waals surface area contributed by atoms with E-state index in [1.165, 1.54) is 0 Å². The van der Waals surface area contributed by atoms with Gasteiger partial charge in [0, 0.05) is 6.54 Å². The first-order valence-corrected chi connectivity index (χ1v) is 5.41. The maximum absolute atomic E-state index is 11.2.